The van der Waals surface area contributed by atoms with Crippen LogP contribution in [0.1, 0.15) is 39.2 Å². The van der Waals surface area contributed by atoms with E-state index in [9.17, 15) is 23.9 Å². The van der Waals surface area contributed by atoms with Gasteiger partial charge in [0.25, 0.3) is 0 Å². The number of benzene rings is 1. The van der Waals surface area contributed by atoms with Crippen molar-refractivity contribution in [1.29, 1.82) is 0 Å². The van der Waals surface area contributed by atoms with Crippen molar-refractivity contribution in [3.63, 3.8) is 0 Å². The third-order valence-electron chi connectivity index (χ3n) is 4.69. The second kappa shape index (κ2) is 12.1. The van der Waals surface area contributed by atoms with Crippen LogP contribution in [-0.2, 0) is 20.6 Å². The number of ether oxygens (including phenoxy) is 1. The number of likely N-dealkylation sites (N-methyl/N-ethyl adjacent to an activating group) is 1. The molecule has 1 aromatic carbocycles. The van der Waals surface area contributed by atoms with Gasteiger partial charge in [0, 0.05) is 13.5 Å². The first kappa shape index (κ1) is 26.1. The number of rotatable bonds is 12. The largest absolute Gasteiger partial charge is 0.497 e. The Morgan fingerprint density at radius 3 is 2.13 bits per heavy atom. The summed E-state index contributed by atoms with van der Waals surface area (Å²) in [5, 5.41) is 8.07. The monoisotopic (exact) mass is 443 g/mol. The second-order valence-electron chi connectivity index (χ2n) is 7.59. The summed E-state index contributed by atoms with van der Waals surface area (Å²) >= 11 is 0. The van der Waals surface area contributed by atoms with E-state index in [1.165, 1.54) is 7.05 Å². The van der Waals surface area contributed by atoms with E-state index in [0.717, 1.165) is 5.56 Å². The quantitative estimate of drug-likeness (QED) is 0.308. The molecule has 1 rings (SSSR count). The van der Waals surface area contributed by atoms with Gasteiger partial charge in [-0.1, -0.05) is 32.9 Å². The highest BCUT2D eigenvalue weighted by atomic mass is 31.2. The Labute approximate surface area is 178 Å². The zero-order valence-corrected chi connectivity index (χ0v) is 19.1. The van der Waals surface area contributed by atoms with Crippen LogP contribution in [0.25, 0.3) is 0 Å². The van der Waals surface area contributed by atoms with E-state index in [-0.39, 0.29) is 24.7 Å². The molecule has 9 nitrogen and oxygen atoms in total. The summed E-state index contributed by atoms with van der Waals surface area (Å²) in [7, 11) is -1.37. The molecule has 170 valence electrons. The number of nitrogens with one attached hydrogen (secondary N) is 3. The first-order chi connectivity index (χ1) is 14.0. The number of hydrogen-bond donors (Lipinski definition) is 5. The highest BCUT2D eigenvalue weighted by molar-refractivity contribution is 7.52. The predicted octanol–water partition coefficient (Wildman–Crippen LogP) is 1.39. The fraction of sp³-hybridized carbons (Fsp3) is 0.600. The van der Waals surface area contributed by atoms with Gasteiger partial charge in [-0.15, -0.1) is 0 Å². The lowest BCUT2D eigenvalue weighted by atomic mass is 10.0. The van der Waals surface area contributed by atoms with E-state index < -0.39 is 31.4 Å². The highest BCUT2D eigenvalue weighted by Crippen LogP contribution is 2.41. The first-order valence-electron chi connectivity index (χ1n) is 9.97. The summed E-state index contributed by atoms with van der Waals surface area (Å²) in [6, 6.07) is 5.49. The van der Waals surface area contributed by atoms with Crippen LogP contribution in [0.5, 0.6) is 5.75 Å². The summed E-state index contributed by atoms with van der Waals surface area (Å²) in [6.07, 6.45) is 0.793. The molecule has 0 aromatic heterocycles. The van der Waals surface area contributed by atoms with E-state index in [2.05, 4.69) is 16.0 Å². The van der Waals surface area contributed by atoms with Gasteiger partial charge < -0.3 is 25.2 Å². The SMILES string of the molecule is CC[C@@H](N[C@@H](CC(C)C)C(=O)N[C@@H](Cc1ccc(OC)cc1)C(=O)NC)P(=O)(O)O. The maximum atomic E-state index is 13.0. The Balaban J connectivity index is 3.00. The third-order valence-corrected chi connectivity index (χ3v) is 6.01. The molecule has 5 N–H and O–H groups in total. The zero-order chi connectivity index (χ0) is 22.9. The van der Waals surface area contributed by atoms with Crippen LogP contribution in [0.2, 0.25) is 0 Å². The summed E-state index contributed by atoms with van der Waals surface area (Å²) in [5.41, 5.74) is 0.833. The van der Waals surface area contributed by atoms with Crippen LogP contribution >= 0.6 is 7.60 Å². The summed E-state index contributed by atoms with van der Waals surface area (Å²) in [4.78, 5) is 44.4. The molecule has 30 heavy (non-hydrogen) atoms. The first-order valence-corrected chi connectivity index (χ1v) is 11.7. The lowest BCUT2D eigenvalue weighted by molar-refractivity contribution is -0.130. The Morgan fingerprint density at radius 1 is 1.10 bits per heavy atom. The van der Waals surface area contributed by atoms with E-state index in [4.69, 9.17) is 4.74 Å². The van der Waals surface area contributed by atoms with Crippen LogP contribution in [0, 0.1) is 5.92 Å². The smallest absolute Gasteiger partial charge is 0.342 e. The minimum atomic E-state index is -4.42. The van der Waals surface area contributed by atoms with Crippen molar-refractivity contribution in [2.24, 2.45) is 5.92 Å². The van der Waals surface area contributed by atoms with Gasteiger partial charge in [0.1, 0.15) is 17.6 Å². The molecule has 0 radical (unpaired) electrons. The topological polar surface area (TPSA) is 137 Å². The summed E-state index contributed by atoms with van der Waals surface area (Å²) in [5.74, 6) is -1.18. The van der Waals surface area contributed by atoms with E-state index in [1.54, 1.807) is 26.2 Å². The van der Waals surface area contributed by atoms with Gasteiger partial charge in [-0.25, -0.2) is 0 Å². The molecule has 0 aliphatic carbocycles. The molecule has 0 aliphatic rings. The maximum Gasteiger partial charge on any atom is 0.342 e. The molecule has 2 amide bonds. The Bertz CT molecular complexity index is 735. The van der Waals surface area contributed by atoms with Crippen molar-refractivity contribution >= 4 is 19.4 Å². The molecule has 10 heteroatoms. The van der Waals surface area contributed by atoms with E-state index >= 15 is 0 Å². The van der Waals surface area contributed by atoms with Crippen molar-refractivity contribution in [2.75, 3.05) is 14.2 Å². The summed E-state index contributed by atoms with van der Waals surface area (Å²) in [6.45, 7) is 5.46. The molecule has 0 heterocycles. The molecule has 1 aromatic rings. The Morgan fingerprint density at radius 2 is 1.70 bits per heavy atom. The van der Waals surface area contributed by atoms with Gasteiger partial charge in [0.05, 0.1) is 13.2 Å². The Hall–Kier alpha value is -1.93. The van der Waals surface area contributed by atoms with Crippen LogP contribution in [0.3, 0.4) is 0 Å². The fourth-order valence-corrected chi connectivity index (χ4v) is 3.91. The molecular formula is C20H34N3O6P. The van der Waals surface area contributed by atoms with Crippen molar-refractivity contribution in [3.05, 3.63) is 29.8 Å². The zero-order valence-electron chi connectivity index (χ0n) is 18.2. The third kappa shape index (κ3) is 8.44. The second-order valence-corrected chi connectivity index (χ2v) is 9.39. The summed E-state index contributed by atoms with van der Waals surface area (Å²) < 4.78 is 16.8. The van der Waals surface area contributed by atoms with Crippen molar-refractivity contribution < 1.29 is 28.7 Å². The number of hydrogen-bond acceptors (Lipinski definition) is 5. The van der Waals surface area contributed by atoms with Gasteiger partial charge in [-0.05, 0) is 36.5 Å². The maximum absolute atomic E-state index is 13.0. The van der Waals surface area contributed by atoms with Crippen molar-refractivity contribution in [3.8, 4) is 5.75 Å². The average Bonchev–Trinajstić information content (AvgIpc) is 2.69. The molecule has 0 saturated heterocycles. The molecule has 0 saturated carbocycles. The van der Waals surface area contributed by atoms with Gasteiger partial charge >= 0.3 is 7.60 Å². The number of amides is 2. The number of carbonyl (C=O) groups is 2. The lowest BCUT2D eigenvalue weighted by Gasteiger charge is -2.28. The Kier molecular flexibility index (Phi) is 10.5. The minimum absolute atomic E-state index is 0.0996. The molecule has 0 aliphatic heterocycles. The normalized spacial score (nSPS) is 14.7. The lowest BCUT2D eigenvalue weighted by Crippen LogP contribution is -2.55. The standard InChI is InChI=1S/C20H34N3O6P/c1-6-18(30(26,27)28)22-16(11-13(2)3)20(25)23-17(19(24)21-4)12-14-7-9-15(29-5)10-8-14/h7-10,13,16-18,22H,6,11-12H2,1-5H3,(H,21,24)(H,23,25)(H2,26,27,28)/t16-,17-,18-/m0/s1. The predicted molar refractivity (Wildman–Crippen MR) is 115 cm³/mol. The molecule has 0 bridgehead atoms. The number of methoxy groups -OCH3 is 1. The van der Waals surface area contributed by atoms with Crippen LogP contribution in [0.4, 0.5) is 0 Å². The number of carbonyl (C=O) groups excluding carboxylic acids is 2. The van der Waals surface area contributed by atoms with Crippen molar-refractivity contribution in [2.45, 2.75) is 57.9 Å². The van der Waals surface area contributed by atoms with Gasteiger partial charge in [-0.3, -0.25) is 19.5 Å². The van der Waals surface area contributed by atoms with Gasteiger partial charge in [0.15, 0.2) is 0 Å². The van der Waals surface area contributed by atoms with Crippen LogP contribution in [0.15, 0.2) is 24.3 Å². The minimum Gasteiger partial charge on any atom is -0.497 e. The molecular weight excluding hydrogens is 409 g/mol. The fourth-order valence-electron chi connectivity index (χ4n) is 3.06. The van der Waals surface area contributed by atoms with Gasteiger partial charge in [0.2, 0.25) is 11.8 Å². The molecule has 0 fully saturated rings. The highest BCUT2D eigenvalue weighted by Gasteiger charge is 2.33. The molecule has 0 spiro atoms. The van der Waals surface area contributed by atoms with E-state index in [1.807, 2.05) is 26.0 Å². The molecule has 3 atom stereocenters. The van der Waals surface area contributed by atoms with Crippen LogP contribution in [-0.4, -0.2) is 53.6 Å². The average molecular weight is 443 g/mol. The van der Waals surface area contributed by atoms with Crippen molar-refractivity contribution in [1.82, 2.24) is 16.0 Å². The van der Waals surface area contributed by atoms with E-state index in [0.29, 0.717) is 12.2 Å². The van der Waals surface area contributed by atoms with Gasteiger partial charge in [-0.2, -0.15) is 0 Å². The van der Waals surface area contributed by atoms with Crippen LogP contribution < -0.4 is 20.7 Å². The molecule has 0 unspecified atom stereocenters.